The Kier molecular flexibility index (Phi) is 16.8. The van der Waals surface area contributed by atoms with Crippen LogP contribution in [-0.4, -0.2) is 97.9 Å². The Morgan fingerprint density at radius 3 is 2.39 bits per heavy atom. The lowest BCUT2D eigenvalue weighted by Crippen LogP contribution is -2.70. The number of oxime groups is 1. The minimum atomic E-state index is -1.58. The number of aliphatic hydroxyl groups is 2. The number of carbonyl (C=O) groups excluding carboxylic acids is 2. The van der Waals surface area contributed by atoms with Gasteiger partial charge < -0.3 is 52.9 Å². The number of ether oxygens (including phenoxy) is 8. The first-order valence-corrected chi connectivity index (χ1v) is 23.8. The monoisotopic (exact) mass is 953 g/mol. The molecular formula is C53H67N3O13. The number of allylic oxidation sites excluding steroid dienone is 1. The summed E-state index contributed by atoms with van der Waals surface area (Å²) in [6, 6.07) is 15.0. The first-order valence-electron chi connectivity index (χ1n) is 23.8. The lowest BCUT2D eigenvalue weighted by Gasteiger charge is -2.60. The highest BCUT2D eigenvalue weighted by Crippen LogP contribution is 2.62. The second kappa shape index (κ2) is 22.9. The number of nitrogens with one attached hydrogen (secondary N) is 1. The molecule has 0 aromatic heterocycles. The molecule has 69 heavy (non-hydrogen) atoms. The molecule has 16 heteroatoms. The molecule has 2 aliphatic carbocycles. The first kappa shape index (κ1) is 50.6. The highest BCUT2D eigenvalue weighted by Gasteiger charge is 2.66. The molecule has 2 aliphatic heterocycles. The van der Waals surface area contributed by atoms with Gasteiger partial charge in [-0.25, -0.2) is 9.59 Å². The number of carbonyl (C=O) groups is 2. The summed E-state index contributed by atoms with van der Waals surface area (Å²) < 4.78 is 48.8. The number of nitrogens with zero attached hydrogens (tertiary/aromatic N) is 2. The summed E-state index contributed by atoms with van der Waals surface area (Å²) in [7, 11) is 3.04. The number of hydrogen-bond acceptors (Lipinski definition) is 14. The highest BCUT2D eigenvalue weighted by molar-refractivity contribution is 6.03. The topological polar surface area (TPSA) is 185 Å². The van der Waals surface area contributed by atoms with E-state index in [0.717, 1.165) is 29.5 Å². The molecule has 6 unspecified atom stereocenters. The predicted octanol–water partition coefficient (Wildman–Crippen LogP) is 9.69. The van der Waals surface area contributed by atoms with E-state index < -0.39 is 41.5 Å². The van der Waals surface area contributed by atoms with E-state index in [9.17, 15) is 19.8 Å². The summed E-state index contributed by atoms with van der Waals surface area (Å²) in [6.45, 7) is 14.0. The Hall–Kier alpha value is -6.23. The number of methoxy groups -OCH3 is 2. The van der Waals surface area contributed by atoms with E-state index in [-0.39, 0.29) is 63.8 Å². The molecule has 3 N–H and O–H groups in total. The fourth-order valence-corrected chi connectivity index (χ4v) is 9.90. The minimum absolute atomic E-state index is 0.0288. The Morgan fingerprint density at radius 1 is 0.913 bits per heavy atom. The highest BCUT2D eigenvalue weighted by atomic mass is 16.7. The summed E-state index contributed by atoms with van der Waals surface area (Å²) in [5, 5.41) is 27.8. The average molecular weight is 954 g/mol. The van der Waals surface area contributed by atoms with Gasteiger partial charge in [0.1, 0.15) is 34.6 Å². The van der Waals surface area contributed by atoms with Gasteiger partial charge in [0.25, 0.3) is 0 Å². The molecule has 16 nitrogen and oxygen atoms in total. The number of aliphatic hydroxyl groups excluding tert-OH is 2. The maximum Gasteiger partial charge on any atom is 0.417 e. The van der Waals surface area contributed by atoms with Crippen molar-refractivity contribution in [2.75, 3.05) is 52.8 Å². The van der Waals surface area contributed by atoms with E-state index in [2.05, 4.69) is 24.6 Å². The second-order valence-corrected chi connectivity index (χ2v) is 18.6. The number of unbranched alkanes of at least 4 members (excludes halogenated alkanes) is 2. The second-order valence-electron chi connectivity index (χ2n) is 18.6. The third-order valence-electron chi connectivity index (χ3n) is 12.9. The normalized spacial score (nSPS) is 22.5. The summed E-state index contributed by atoms with van der Waals surface area (Å²) in [4.78, 5) is 36.4. The summed E-state index contributed by atoms with van der Waals surface area (Å²) >= 11 is 0. The van der Waals surface area contributed by atoms with Gasteiger partial charge in [-0.05, 0) is 118 Å². The molecule has 0 bridgehead atoms. The van der Waals surface area contributed by atoms with E-state index in [4.69, 9.17) is 47.9 Å². The van der Waals surface area contributed by atoms with Crippen LogP contribution in [-0.2, 0) is 20.9 Å². The van der Waals surface area contributed by atoms with Gasteiger partial charge in [-0.15, -0.1) is 13.2 Å². The van der Waals surface area contributed by atoms with Gasteiger partial charge in [-0.2, -0.15) is 0 Å². The number of amides is 2. The van der Waals surface area contributed by atoms with Gasteiger partial charge in [0, 0.05) is 43.7 Å². The Bertz CT molecular complexity index is 2360. The molecule has 6 atom stereocenters. The van der Waals surface area contributed by atoms with Gasteiger partial charge in [-0.3, -0.25) is 10.2 Å². The first-order chi connectivity index (χ1) is 33.4. The summed E-state index contributed by atoms with van der Waals surface area (Å²) in [5.74, 6) is 0.118. The number of benzene rings is 3. The van der Waals surface area contributed by atoms with Crippen molar-refractivity contribution >= 4 is 23.6 Å². The van der Waals surface area contributed by atoms with Crippen LogP contribution >= 0.6 is 0 Å². The average Bonchev–Trinajstić information content (AvgIpc) is 3.81. The summed E-state index contributed by atoms with van der Waals surface area (Å²) in [5.41, 5.74) is 2.69. The lowest BCUT2D eigenvalue weighted by molar-refractivity contribution is -0.256. The molecule has 0 saturated heterocycles. The molecule has 1 saturated carbocycles. The van der Waals surface area contributed by atoms with Crippen molar-refractivity contribution in [1.82, 2.24) is 4.90 Å². The van der Waals surface area contributed by atoms with Crippen molar-refractivity contribution in [2.45, 2.75) is 102 Å². The van der Waals surface area contributed by atoms with Crippen molar-refractivity contribution in [3.8, 4) is 34.5 Å². The molecule has 3 aromatic carbocycles. The van der Waals surface area contributed by atoms with Crippen LogP contribution < -0.4 is 33.7 Å². The maximum atomic E-state index is 14.8. The number of anilines is 1. The standard InChI is InChI=1S/C53H67N3O13/c1-8-10-26-63-51(60)56(32-34-17-21-44-46(27-34)65-33-64-44)47-31-42(55-69-52(3,4)5)39-28-35(15-11-13-23-57)38(16-12-14-24-58)48-40-29-37(19-22-43(40)68-53(47,49(39)48)66-25-9-2)67-50(59)54-41-20-18-36(61-6)30-45(41)62-7/h8-9,17-22,27-30,35,38,47-49,57-58H,1-2,10-16,23-26,31-33H2,3-7H3,(H,54,59). The van der Waals surface area contributed by atoms with Crippen LogP contribution in [0.2, 0.25) is 0 Å². The van der Waals surface area contributed by atoms with Crippen molar-refractivity contribution in [3.63, 3.8) is 0 Å². The molecule has 2 amide bonds. The van der Waals surface area contributed by atoms with Crippen LogP contribution in [0.4, 0.5) is 15.3 Å². The zero-order valence-corrected chi connectivity index (χ0v) is 40.4. The Labute approximate surface area is 404 Å². The van der Waals surface area contributed by atoms with E-state index in [0.29, 0.717) is 72.3 Å². The van der Waals surface area contributed by atoms with Gasteiger partial charge in [0.05, 0.1) is 44.8 Å². The maximum absolute atomic E-state index is 14.8. The predicted molar refractivity (Wildman–Crippen MR) is 259 cm³/mol. The SMILES string of the molecule is C=CCCOC(=O)N(Cc1ccc2c(c1)OCO2)C1CC(=NOC(C)(C)C)C2=CC(CCCCO)C(CCCCO)C3c4cc(OC(=O)Nc5ccc(OC)cc5OC)ccc4OC1(OCC=C)C23. The van der Waals surface area contributed by atoms with Gasteiger partial charge in [0.2, 0.25) is 12.6 Å². The zero-order valence-electron chi connectivity index (χ0n) is 40.4. The van der Waals surface area contributed by atoms with Crippen molar-refractivity contribution in [3.05, 3.63) is 103 Å². The largest absolute Gasteiger partial charge is 0.497 e. The lowest BCUT2D eigenvalue weighted by atomic mass is 9.55. The van der Waals surface area contributed by atoms with Gasteiger partial charge in [-0.1, -0.05) is 42.3 Å². The molecule has 3 aromatic rings. The Balaban J connectivity index is 1.42. The molecule has 1 fully saturated rings. The van der Waals surface area contributed by atoms with E-state index in [1.54, 1.807) is 54.5 Å². The molecular weight excluding hydrogens is 887 g/mol. The molecule has 0 radical (unpaired) electrons. The molecule has 7 rings (SSSR count). The third kappa shape index (κ3) is 11.6. The third-order valence-corrected chi connectivity index (χ3v) is 12.9. The molecule has 2 heterocycles. The van der Waals surface area contributed by atoms with Crippen LogP contribution in [0.3, 0.4) is 0 Å². The fourth-order valence-electron chi connectivity index (χ4n) is 9.90. The van der Waals surface area contributed by atoms with Crippen LogP contribution in [0.15, 0.2) is 96.7 Å². The molecule has 4 aliphatic rings. The van der Waals surface area contributed by atoms with E-state index in [1.165, 1.54) is 7.11 Å². The van der Waals surface area contributed by atoms with Crippen LogP contribution in [0.1, 0.15) is 89.2 Å². The van der Waals surface area contributed by atoms with Gasteiger partial charge >= 0.3 is 12.2 Å². The number of rotatable bonds is 22. The van der Waals surface area contributed by atoms with Crippen LogP contribution in [0, 0.1) is 17.8 Å². The van der Waals surface area contributed by atoms with Crippen molar-refractivity contribution in [2.24, 2.45) is 22.9 Å². The van der Waals surface area contributed by atoms with E-state index >= 15 is 0 Å². The van der Waals surface area contributed by atoms with E-state index in [1.807, 2.05) is 45.0 Å². The fraction of sp³-hybridized carbons (Fsp3) is 0.491. The quantitative estimate of drug-likeness (QED) is 0.0492. The smallest absolute Gasteiger partial charge is 0.417 e. The Morgan fingerprint density at radius 2 is 1.67 bits per heavy atom. The molecule has 372 valence electrons. The van der Waals surface area contributed by atoms with Crippen LogP contribution in [0.5, 0.6) is 34.5 Å². The molecule has 0 spiro atoms. The van der Waals surface area contributed by atoms with Crippen molar-refractivity contribution < 1.29 is 62.5 Å². The van der Waals surface area contributed by atoms with Crippen LogP contribution in [0.25, 0.3) is 0 Å². The summed E-state index contributed by atoms with van der Waals surface area (Å²) in [6.07, 6.45) is 8.98. The van der Waals surface area contributed by atoms with Gasteiger partial charge in [0.15, 0.2) is 11.5 Å². The number of fused-ring (bicyclic) bond motifs is 3. The zero-order chi connectivity index (χ0) is 49.1. The van der Waals surface area contributed by atoms with Crippen molar-refractivity contribution in [1.29, 1.82) is 0 Å². The minimum Gasteiger partial charge on any atom is -0.497 e. The number of hydrogen-bond donors (Lipinski definition) is 3.